The summed E-state index contributed by atoms with van der Waals surface area (Å²) in [6, 6.07) is 9.84. The van der Waals surface area contributed by atoms with E-state index in [2.05, 4.69) is 15.4 Å². The molecule has 0 spiro atoms. The van der Waals surface area contributed by atoms with Crippen LogP contribution in [0.25, 0.3) is 10.9 Å². The van der Waals surface area contributed by atoms with Crippen LogP contribution in [0.15, 0.2) is 42.7 Å². The van der Waals surface area contributed by atoms with Gasteiger partial charge in [0.05, 0.1) is 11.2 Å². The van der Waals surface area contributed by atoms with E-state index >= 15 is 0 Å². The second-order valence-corrected chi connectivity index (χ2v) is 5.10. The van der Waals surface area contributed by atoms with Crippen molar-refractivity contribution in [1.82, 2.24) is 20.1 Å². The summed E-state index contributed by atoms with van der Waals surface area (Å²) in [6.07, 6.45) is 3.73. The third-order valence-corrected chi connectivity index (χ3v) is 3.52. The highest BCUT2D eigenvalue weighted by atomic mass is 35.5. The number of fused-ring (bicyclic) bond motifs is 1. The predicted octanol–water partition coefficient (Wildman–Crippen LogP) is 2.91. The van der Waals surface area contributed by atoms with Crippen molar-refractivity contribution in [3.63, 3.8) is 0 Å². The zero-order chi connectivity index (χ0) is 13.9. The number of nitrogens with zero attached hydrogens (tertiary/aromatic N) is 3. The van der Waals surface area contributed by atoms with E-state index in [9.17, 15) is 0 Å². The fourth-order valence-corrected chi connectivity index (χ4v) is 2.44. The van der Waals surface area contributed by atoms with Gasteiger partial charge in [0.25, 0.3) is 0 Å². The highest BCUT2D eigenvalue weighted by Gasteiger charge is 2.05. The van der Waals surface area contributed by atoms with E-state index in [0.29, 0.717) is 0 Å². The molecule has 0 saturated carbocycles. The maximum atomic E-state index is 6.19. The molecule has 0 bridgehead atoms. The Morgan fingerprint density at radius 3 is 2.90 bits per heavy atom. The van der Waals surface area contributed by atoms with Crippen molar-refractivity contribution in [2.75, 3.05) is 0 Å². The summed E-state index contributed by atoms with van der Waals surface area (Å²) in [5, 5.41) is 9.45. The average molecular weight is 287 g/mol. The van der Waals surface area contributed by atoms with Crippen LogP contribution in [0, 0.1) is 0 Å². The van der Waals surface area contributed by atoms with Crippen LogP contribution in [0.4, 0.5) is 0 Å². The van der Waals surface area contributed by atoms with Gasteiger partial charge in [0, 0.05) is 42.9 Å². The number of aromatic nitrogens is 3. The van der Waals surface area contributed by atoms with Gasteiger partial charge in [-0.1, -0.05) is 17.7 Å². The van der Waals surface area contributed by atoms with Crippen LogP contribution in [-0.2, 0) is 20.1 Å². The van der Waals surface area contributed by atoms with Crippen molar-refractivity contribution in [1.29, 1.82) is 0 Å². The lowest BCUT2D eigenvalue weighted by molar-refractivity contribution is 0.658. The third kappa shape index (κ3) is 2.66. The summed E-state index contributed by atoms with van der Waals surface area (Å²) in [7, 11) is 1.92. The second-order valence-electron chi connectivity index (χ2n) is 4.69. The van der Waals surface area contributed by atoms with Crippen molar-refractivity contribution in [2.45, 2.75) is 13.1 Å². The van der Waals surface area contributed by atoms with E-state index in [1.165, 1.54) is 0 Å². The molecule has 0 aliphatic heterocycles. The minimum absolute atomic E-state index is 0.734. The molecule has 0 aliphatic carbocycles. The fourth-order valence-electron chi connectivity index (χ4n) is 2.22. The Bertz CT molecular complexity index is 736. The van der Waals surface area contributed by atoms with E-state index in [4.69, 9.17) is 11.6 Å². The first-order chi connectivity index (χ1) is 9.74. The molecule has 3 aromatic rings. The van der Waals surface area contributed by atoms with Gasteiger partial charge in [0.15, 0.2) is 0 Å². The molecule has 5 heteroatoms. The van der Waals surface area contributed by atoms with Crippen molar-refractivity contribution in [3.8, 4) is 0 Å². The molecule has 4 nitrogen and oxygen atoms in total. The second kappa shape index (κ2) is 5.61. The van der Waals surface area contributed by atoms with Crippen molar-refractivity contribution in [2.24, 2.45) is 7.05 Å². The molecule has 1 aromatic carbocycles. The van der Waals surface area contributed by atoms with Gasteiger partial charge in [-0.25, -0.2) is 0 Å². The van der Waals surface area contributed by atoms with Crippen LogP contribution in [0.5, 0.6) is 0 Å². The van der Waals surface area contributed by atoms with Gasteiger partial charge in [0.2, 0.25) is 0 Å². The first kappa shape index (κ1) is 13.1. The molecule has 2 aromatic heterocycles. The van der Waals surface area contributed by atoms with Crippen molar-refractivity contribution >= 4 is 22.5 Å². The standard InChI is InChI=1S/C15H15ClN4/c1-20-8-6-12(19-20)10-17-9-11-4-5-14(16)13-3-2-7-18-15(11)13/h2-8,17H,9-10H2,1H3. The highest BCUT2D eigenvalue weighted by molar-refractivity contribution is 6.35. The molecular weight excluding hydrogens is 272 g/mol. The number of rotatable bonds is 4. The van der Waals surface area contributed by atoms with Gasteiger partial charge in [-0.3, -0.25) is 9.67 Å². The van der Waals surface area contributed by atoms with Crippen LogP contribution < -0.4 is 5.32 Å². The van der Waals surface area contributed by atoms with Crippen molar-refractivity contribution < 1.29 is 0 Å². The molecule has 0 aliphatic rings. The van der Waals surface area contributed by atoms with E-state index in [-0.39, 0.29) is 0 Å². The lowest BCUT2D eigenvalue weighted by Gasteiger charge is -2.08. The first-order valence-electron chi connectivity index (χ1n) is 6.45. The minimum Gasteiger partial charge on any atom is -0.307 e. The number of nitrogens with one attached hydrogen (secondary N) is 1. The van der Waals surface area contributed by atoms with E-state index in [1.54, 1.807) is 10.9 Å². The largest absolute Gasteiger partial charge is 0.307 e. The van der Waals surface area contributed by atoms with Crippen LogP contribution in [0.1, 0.15) is 11.3 Å². The summed E-state index contributed by atoms with van der Waals surface area (Å²) in [6.45, 7) is 1.47. The normalized spacial score (nSPS) is 11.1. The third-order valence-electron chi connectivity index (χ3n) is 3.19. The molecule has 0 amide bonds. The Morgan fingerprint density at radius 2 is 2.10 bits per heavy atom. The minimum atomic E-state index is 0.734. The van der Waals surface area contributed by atoms with Crippen LogP contribution in [-0.4, -0.2) is 14.8 Å². The van der Waals surface area contributed by atoms with Crippen LogP contribution in [0.2, 0.25) is 5.02 Å². The average Bonchev–Trinajstić information content (AvgIpc) is 2.87. The lowest BCUT2D eigenvalue weighted by Crippen LogP contribution is -2.13. The van der Waals surface area contributed by atoms with Gasteiger partial charge in [-0.05, 0) is 29.8 Å². The number of aryl methyl sites for hydroxylation is 1. The lowest BCUT2D eigenvalue weighted by atomic mass is 10.1. The summed E-state index contributed by atoms with van der Waals surface area (Å²) in [4.78, 5) is 4.43. The zero-order valence-corrected chi connectivity index (χ0v) is 11.9. The number of hydrogen-bond acceptors (Lipinski definition) is 3. The molecule has 0 saturated heterocycles. The SMILES string of the molecule is Cn1ccc(CNCc2ccc(Cl)c3cccnc23)n1. The Hall–Kier alpha value is -1.91. The van der Waals surface area contributed by atoms with E-state index < -0.39 is 0 Å². The number of pyridine rings is 1. The van der Waals surface area contributed by atoms with Gasteiger partial charge in [-0.15, -0.1) is 0 Å². The molecular formula is C15H15ClN4. The van der Waals surface area contributed by atoms with Gasteiger partial charge >= 0.3 is 0 Å². The maximum Gasteiger partial charge on any atom is 0.0762 e. The summed E-state index contributed by atoms with van der Waals surface area (Å²) in [5.74, 6) is 0. The number of halogens is 1. The smallest absolute Gasteiger partial charge is 0.0762 e. The van der Waals surface area contributed by atoms with Gasteiger partial charge in [0.1, 0.15) is 0 Å². The number of benzene rings is 1. The summed E-state index contributed by atoms with van der Waals surface area (Å²) in [5.41, 5.74) is 3.12. The van der Waals surface area contributed by atoms with Crippen LogP contribution in [0.3, 0.4) is 0 Å². The predicted molar refractivity (Wildman–Crippen MR) is 80.5 cm³/mol. The summed E-state index contributed by atoms with van der Waals surface area (Å²) < 4.78 is 1.80. The monoisotopic (exact) mass is 286 g/mol. The highest BCUT2D eigenvalue weighted by Crippen LogP contribution is 2.24. The maximum absolute atomic E-state index is 6.19. The Kier molecular flexibility index (Phi) is 3.67. The quantitative estimate of drug-likeness (QED) is 0.802. The van der Waals surface area contributed by atoms with Gasteiger partial charge < -0.3 is 5.32 Å². The molecule has 0 unspecified atom stereocenters. The van der Waals surface area contributed by atoms with E-state index in [0.717, 1.165) is 40.3 Å². The van der Waals surface area contributed by atoms with Crippen molar-refractivity contribution in [3.05, 3.63) is 59.0 Å². The molecule has 102 valence electrons. The Morgan fingerprint density at radius 1 is 1.20 bits per heavy atom. The molecule has 3 rings (SSSR count). The van der Waals surface area contributed by atoms with Crippen LogP contribution >= 0.6 is 11.6 Å². The van der Waals surface area contributed by atoms with E-state index in [1.807, 2.05) is 43.6 Å². The summed E-state index contributed by atoms with van der Waals surface area (Å²) >= 11 is 6.19. The molecule has 0 radical (unpaired) electrons. The van der Waals surface area contributed by atoms with Gasteiger partial charge in [-0.2, -0.15) is 5.10 Å². The first-order valence-corrected chi connectivity index (χ1v) is 6.83. The fraction of sp³-hybridized carbons (Fsp3) is 0.200. The zero-order valence-electron chi connectivity index (χ0n) is 11.2. The Labute approximate surface area is 122 Å². The topological polar surface area (TPSA) is 42.7 Å². The molecule has 20 heavy (non-hydrogen) atoms. The molecule has 2 heterocycles. The Balaban J connectivity index is 1.76. The molecule has 0 fully saturated rings. The molecule has 0 atom stereocenters. The number of hydrogen-bond donors (Lipinski definition) is 1. The molecule has 1 N–H and O–H groups in total.